The zero-order valence-electron chi connectivity index (χ0n) is 14.5. The number of rotatable bonds is 3. The van der Waals surface area contributed by atoms with E-state index in [0.29, 0.717) is 25.3 Å². The summed E-state index contributed by atoms with van der Waals surface area (Å²) in [4.78, 5) is 27.3. The highest BCUT2D eigenvalue weighted by Gasteiger charge is 2.23. The smallest absolute Gasteiger partial charge is 0.319 e. The standard InChI is InChI=1S/C17H19F2N5O2/c1-22(2)17(26)23-6-7-24-12(10-23)8-11(21-24)9-20-16(25)13-4-3-5-14(18)15(13)19/h3-5,8H,6-7,9-10H2,1-2H3,(H,20,25). The maximum atomic E-state index is 13.7. The zero-order chi connectivity index (χ0) is 18.8. The summed E-state index contributed by atoms with van der Waals surface area (Å²) in [5.74, 6) is -2.95. The third-order valence-electron chi connectivity index (χ3n) is 4.13. The van der Waals surface area contributed by atoms with Crippen molar-refractivity contribution in [1.82, 2.24) is 24.9 Å². The fourth-order valence-corrected chi connectivity index (χ4v) is 2.80. The van der Waals surface area contributed by atoms with E-state index in [-0.39, 0.29) is 18.1 Å². The maximum absolute atomic E-state index is 13.7. The van der Waals surface area contributed by atoms with E-state index >= 15 is 0 Å². The predicted octanol–water partition coefficient (Wildman–Crippen LogP) is 1.59. The van der Waals surface area contributed by atoms with Gasteiger partial charge in [-0.15, -0.1) is 0 Å². The van der Waals surface area contributed by atoms with Crippen LogP contribution in [0.5, 0.6) is 0 Å². The van der Waals surface area contributed by atoms with Crippen LogP contribution in [0.2, 0.25) is 0 Å². The van der Waals surface area contributed by atoms with Gasteiger partial charge in [-0.2, -0.15) is 5.10 Å². The van der Waals surface area contributed by atoms with Gasteiger partial charge in [0.2, 0.25) is 0 Å². The van der Waals surface area contributed by atoms with Crippen LogP contribution in [-0.2, 0) is 19.6 Å². The number of urea groups is 1. The van der Waals surface area contributed by atoms with Crippen LogP contribution >= 0.6 is 0 Å². The number of benzene rings is 1. The molecule has 1 N–H and O–H groups in total. The number of halogens is 2. The van der Waals surface area contributed by atoms with E-state index in [2.05, 4.69) is 10.4 Å². The van der Waals surface area contributed by atoms with E-state index in [1.807, 2.05) is 0 Å². The van der Waals surface area contributed by atoms with Crippen LogP contribution in [0.1, 0.15) is 21.7 Å². The monoisotopic (exact) mass is 363 g/mol. The van der Waals surface area contributed by atoms with Crippen LogP contribution in [0, 0.1) is 11.6 Å². The van der Waals surface area contributed by atoms with Gasteiger partial charge in [0.1, 0.15) is 0 Å². The fourth-order valence-electron chi connectivity index (χ4n) is 2.80. The number of fused-ring (bicyclic) bond motifs is 1. The van der Waals surface area contributed by atoms with Crippen molar-refractivity contribution >= 4 is 11.9 Å². The van der Waals surface area contributed by atoms with Crippen molar-refractivity contribution in [1.29, 1.82) is 0 Å². The number of nitrogens with zero attached hydrogens (tertiary/aromatic N) is 4. The molecule has 1 aromatic heterocycles. The van der Waals surface area contributed by atoms with Crippen molar-refractivity contribution < 1.29 is 18.4 Å². The molecule has 3 amide bonds. The summed E-state index contributed by atoms with van der Waals surface area (Å²) < 4.78 is 28.6. The molecule has 0 saturated carbocycles. The first-order valence-electron chi connectivity index (χ1n) is 8.11. The molecule has 0 bridgehead atoms. The molecule has 0 unspecified atom stereocenters. The second-order valence-electron chi connectivity index (χ2n) is 6.23. The summed E-state index contributed by atoms with van der Waals surface area (Å²) in [6.07, 6.45) is 0. The highest BCUT2D eigenvalue weighted by molar-refractivity contribution is 5.94. The summed E-state index contributed by atoms with van der Waals surface area (Å²) >= 11 is 0. The van der Waals surface area contributed by atoms with Crippen molar-refractivity contribution in [2.75, 3.05) is 20.6 Å². The van der Waals surface area contributed by atoms with E-state index < -0.39 is 17.5 Å². The topological polar surface area (TPSA) is 70.5 Å². The second kappa shape index (κ2) is 7.11. The number of hydrogen-bond donors (Lipinski definition) is 1. The lowest BCUT2D eigenvalue weighted by atomic mass is 10.2. The Morgan fingerprint density at radius 2 is 2.04 bits per heavy atom. The van der Waals surface area contributed by atoms with Crippen LogP contribution in [0.25, 0.3) is 0 Å². The van der Waals surface area contributed by atoms with E-state index in [1.165, 1.54) is 17.0 Å². The first-order chi connectivity index (χ1) is 12.4. The summed E-state index contributed by atoms with van der Waals surface area (Å²) in [6.45, 7) is 1.61. The fraction of sp³-hybridized carbons (Fsp3) is 0.353. The van der Waals surface area contributed by atoms with Gasteiger partial charge in [0, 0.05) is 20.6 Å². The van der Waals surface area contributed by atoms with Crippen molar-refractivity contribution in [3.05, 3.63) is 52.9 Å². The molecule has 0 aliphatic carbocycles. The average molecular weight is 363 g/mol. The summed E-state index contributed by atoms with van der Waals surface area (Å²) in [6, 6.07) is 5.16. The Hall–Kier alpha value is -2.97. The van der Waals surface area contributed by atoms with Gasteiger partial charge in [-0.05, 0) is 18.2 Å². The first kappa shape index (κ1) is 17.8. The van der Waals surface area contributed by atoms with Gasteiger partial charge in [-0.25, -0.2) is 13.6 Å². The highest BCUT2D eigenvalue weighted by atomic mass is 19.2. The molecule has 3 rings (SSSR count). The molecule has 7 nitrogen and oxygen atoms in total. The Labute approximate surface area is 149 Å². The third-order valence-corrected chi connectivity index (χ3v) is 4.13. The minimum absolute atomic E-state index is 0.0751. The maximum Gasteiger partial charge on any atom is 0.319 e. The molecule has 1 aliphatic heterocycles. The lowest BCUT2D eigenvalue weighted by Crippen LogP contribution is -2.43. The van der Waals surface area contributed by atoms with E-state index in [0.717, 1.165) is 11.8 Å². The molecule has 2 aromatic rings. The lowest BCUT2D eigenvalue weighted by molar-refractivity contribution is 0.0945. The van der Waals surface area contributed by atoms with Gasteiger partial charge in [-0.3, -0.25) is 9.48 Å². The minimum atomic E-state index is -1.17. The van der Waals surface area contributed by atoms with Gasteiger partial charge < -0.3 is 15.1 Å². The molecule has 1 aromatic carbocycles. The number of hydrogen-bond acceptors (Lipinski definition) is 3. The molecular formula is C17H19F2N5O2. The minimum Gasteiger partial charge on any atom is -0.346 e. The van der Waals surface area contributed by atoms with E-state index in [1.54, 1.807) is 29.7 Å². The predicted molar refractivity (Wildman–Crippen MR) is 89.2 cm³/mol. The molecule has 0 saturated heterocycles. The van der Waals surface area contributed by atoms with Crippen LogP contribution in [0.3, 0.4) is 0 Å². The lowest BCUT2D eigenvalue weighted by Gasteiger charge is -2.29. The van der Waals surface area contributed by atoms with Crippen molar-refractivity contribution in [3.8, 4) is 0 Å². The van der Waals surface area contributed by atoms with Crippen molar-refractivity contribution in [2.45, 2.75) is 19.6 Å². The Morgan fingerprint density at radius 3 is 2.77 bits per heavy atom. The number of carbonyl (C=O) groups is 2. The third kappa shape index (κ3) is 3.51. The second-order valence-corrected chi connectivity index (χ2v) is 6.23. The van der Waals surface area contributed by atoms with Crippen LogP contribution in [-0.4, -0.2) is 52.2 Å². The molecule has 0 fully saturated rings. The molecule has 2 heterocycles. The van der Waals surface area contributed by atoms with Gasteiger partial charge >= 0.3 is 6.03 Å². The first-order valence-corrected chi connectivity index (χ1v) is 8.11. The van der Waals surface area contributed by atoms with Gasteiger partial charge in [0.05, 0.1) is 36.6 Å². The zero-order valence-corrected chi connectivity index (χ0v) is 14.5. The quantitative estimate of drug-likeness (QED) is 0.900. The van der Waals surface area contributed by atoms with Crippen LogP contribution < -0.4 is 5.32 Å². The Bertz CT molecular complexity index is 850. The molecule has 0 radical (unpaired) electrons. The average Bonchev–Trinajstić information content (AvgIpc) is 3.03. The molecule has 138 valence electrons. The molecule has 26 heavy (non-hydrogen) atoms. The van der Waals surface area contributed by atoms with Gasteiger partial charge in [0.25, 0.3) is 5.91 Å². The Kier molecular flexibility index (Phi) is 4.88. The molecule has 0 spiro atoms. The van der Waals surface area contributed by atoms with Crippen molar-refractivity contribution in [2.24, 2.45) is 0 Å². The molecule has 1 aliphatic rings. The summed E-state index contributed by atoms with van der Waals surface area (Å²) in [7, 11) is 3.39. The van der Waals surface area contributed by atoms with Crippen molar-refractivity contribution in [3.63, 3.8) is 0 Å². The molecular weight excluding hydrogens is 344 g/mol. The van der Waals surface area contributed by atoms with E-state index in [9.17, 15) is 18.4 Å². The summed E-state index contributed by atoms with van der Waals surface area (Å²) in [5, 5.41) is 6.91. The van der Waals surface area contributed by atoms with Gasteiger partial charge in [-0.1, -0.05) is 6.07 Å². The Morgan fingerprint density at radius 1 is 1.27 bits per heavy atom. The van der Waals surface area contributed by atoms with Crippen LogP contribution in [0.15, 0.2) is 24.3 Å². The summed E-state index contributed by atoms with van der Waals surface area (Å²) in [5.41, 5.74) is 1.09. The molecule has 9 heteroatoms. The number of amides is 3. The molecule has 0 atom stereocenters. The SMILES string of the molecule is CN(C)C(=O)N1CCn2nc(CNC(=O)c3cccc(F)c3F)cc2C1. The number of aromatic nitrogens is 2. The van der Waals surface area contributed by atoms with E-state index in [4.69, 9.17) is 0 Å². The number of nitrogens with one attached hydrogen (secondary N) is 1. The normalized spacial score (nSPS) is 13.3. The van der Waals surface area contributed by atoms with Crippen LogP contribution in [0.4, 0.5) is 13.6 Å². The Balaban J connectivity index is 1.65. The van der Waals surface area contributed by atoms with Gasteiger partial charge in [0.15, 0.2) is 11.6 Å². The number of carbonyl (C=O) groups excluding carboxylic acids is 2. The highest BCUT2D eigenvalue weighted by Crippen LogP contribution is 2.15. The largest absolute Gasteiger partial charge is 0.346 e.